The number of rotatable bonds is 7. The Morgan fingerprint density at radius 2 is 1.69 bits per heavy atom. The van der Waals surface area contributed by atoms with Gasteiger partial charge in [-0.05, 0) is 53.1 Å². The molecule has 148 valence electrons. The average Bonchev–Trinajstić information content (AvgIpc) is 3.37. The molecule has 4 rings (SSSR count). The molecule has 1 atom stereocenters. The van der Waals surface area contributed by atoms with Crippen LogP contribution in [0.1, 0.15) is 24.4 Å². The minimum absolute atomic E-state index is 0.217. The Hall–Kier alpha value is -3.75. The first-order valence-corrected chi connectivity index (χ1v) is 9.42. The van der Waals surface area contributed by atoms with Crippen LogP contribution in [0.5, 0.6) is 0 Å². The zero-order valence-electron chi connectivity index (χ0n) is 15.7. The number of tetrazole rings is 1. The topological polar surface area (TPSA) is 114 Å². The molecular formula is C20H21N7O2. The van der Waals surface area contributed by atoms with Gasteiger partial charge in [0, 0.05) is 23.8 Å². The maximum atomic E-state index is 12.9. The van der Waals surface area contributed by atoms with Crippen LogP contribution in [-0.4, -0.2) is 38.2 Å². The molecule has 1 aliphatic carbocycles. The Morgan fingerprint density at radius 1 is 1.00 bits per heavy atom. The van der Waals surface area contributed by atoms with E-state index in [2.05, 4.69) is 31.5 Å². The molecule has 3 N–H and O–H groups in total. The summed E-state index contributed by atoms with van der Waals surface area (Å²) in [5.41, 5.74) is 2.28. The summed E-state index contributed by atoms with van der Waals surface area (Å²) in [6, 6.07) is 16.1. The summed E-state index contributed by atoms with van der Waals surface area (Å²) in [6.45, 7) is 0. The Balaban J connectivity index is 1.40. The summed E-state index contributed by atoms with van der Waals surface area (Å²) in [5, 5.41) is 19.7. The molecule has 1 saturated carbocycles. The summed E-state index contributed by atoms with van der Waals surface area (Å²) >= 11 is 0. The smallest absolute Gasteiger partial charge is 0.319 e. The Morgan fingerprint density at radius 3 is 2.31 bits per heavy atom. The van der Waals surface area contributed by atoms with E-state index in [9.17, 15) is 9.59 Å². The van der Waals surface area contributed by atoms with E-state index in [1.807, 2.05) is 30.3 Å². The number of anilines is 2. The molecule has 3 aromatic rings. The van der Waals surface area contributed by atoms with Crippen molar-refractivity contribution in [2.45, 2.75) is 31.3 Å². The maximum absolute atomic E-state index is 12.9. The number of benzene rings is 2. The van der Waals surface area contributed by atoms with Crippen LogP contribution < -0.4 is 16.0 Å². The van der Waals surface area contributed by atoms with Gasteiger partial charge in [-0.15, -0.1) is 5.10 Å². The molecule has 3 amide bonds. The quantitative estimate of drug-likeness (QED) is 0.572. The van der Waals surface area contributed by atoms with Gasteiger partial charge < -0.3 is 16.0 Å². The van der Waals surface area contributed by atoms with Crippen molar-refractivity contribution < 1.29 is 9.59 Å². The van der Waals surface area contributed by atoms with Gasteiger partial charge in [0.25, 0.3) is 0 Å². The molecule has 0 radical (unpaired) electrons. The summed E-state index contributed by atoms with van der Waals surface area (Å²) < 4.78 is 1.44. The van der Waals surface area contributed by atoms with E-state index in [0.29, 0.717) is 23.8 Å². The second-order valence-electron chi connectivity index (χ2n) is 6.93. The Labute approximate surface area is 167 Å². The molecule has 0 aliphatic heterocycles. The lowest BCUT2D eigenvalue weighted by molar-refractivity contribution is -0.119. The molecule has 9 heteroatoms. The summed E-state index contributed by atoms with van der Waals surface area (Å²) in [5.74, 6) is -0.228. The highest BCUT2D eigenvalue weighted by molar-refractivity contribution is 5.94. The number of amides is 3. The first kappa shape index (κ1) is 18.6. The van der Waals surface area contributed by atoms with E-state index in [0.717, 1.165) is 18.4 Å². The van der Waals surface area contributed by atoms with Gasteiger partial charge in [-0.3, -0.25) is 4.79 Å². The van der Waals surface area contributed by atoms with Gasteiger partial charge in [0.2, 0.25) is 5.91 Å². The normalized spacial score (nSPS) is 14.1. The summed E-state index contributed by atoms with van der Waals surface area (Å²) in [6.07, 6.45) is 3.95. The number of carbonyl (C=O) groups is 2. The van der Waals surface area contributed by atoms with E-state index < -0.39 is 6.04 Å². The van der Waals surface area contributed by atoms with Crippen molar-refractivity contribution in [2.75, 3.05) is 10.6 Å². The predicted octanol–water partition coefficient (Wildman–Crippen LogP) is 2.38. The average molecular weight is 391 g/mol. The second-order valence-corrected chi connectivity index (χ2v) is 6.93. The van der Waals surface area contributed by atoms with Gasteiger partial charge in [0.15, 0.2) is 0 Å². The molecule has 9 nitrogen and oxygen atoms in total. The van der Waals surface area contributed by atoms with Crippen LogP contribution in [0.3, 0.4) is 0 Å². The van der Waals surface area contributed by atoms with Gasteiger partial charge >= 0.3 is 6.03 Å². The molecule has 29 heavy (non-hydrogen) atoms. The number of carbonyl (C=O) groups excluding carboxylic acids is 2. The minimum Gasteiger partial charge on any atom is -0.335 e. The molecule has 0 saturated heterocycles. The molecule has 1 unspecified atom stereocenters. The first-order valence-electron chi connectivity index (χ1n) is 9.42. The van der Waals surface area contributed by atoms with Crippen LogP contribution in [-0.2, 0) is 11.2 Å². The third-order valence-corrected chi connectivity index (χ3v) is 4.58. The van der Waals surface area contributed by atoms with Crippen LogP contribution in [0.2, 0.25) is 0 Å². The van der Waals surface area contributed by atoms with E-state index in [1.165, 1.54) is 11.0 Å². The van der Waals surface area contributed by atoms with Crippen molar-refractivity contribution >= 4 is 23.3 Å². The SMILES string of the molecule is O=C(Nc1ccc(NC(=O)C(Cc2ccccc2)n2cnnn2)cc1)NC1CC1. The van der Waals surface area contributed by atoms with Gasteiger partial charge in [-0.25, -0.2) is 9.48 Å². The zero-order chi connectivity index (χ0) is 20.1. The third kappa shape index (κ3) is 5.16. The van der Waals surface area contributed by atoms with Crippen LogP contribution >= 0.6 is 0 Å². The highest BCUT2D eigenvalue weighted by Gasteiger charge is 2.24. The fourth-order valence-corrected chi connectivity index (χ4v) is 2.90. The number of aromatic nitrogens is 4. The number of urea groups is 1. The minimum atomic E-state index is -0.588. The summed E-state index contributed by atoms with van der Waals surface area (Å²) in [4.78, 5) is 24.7. The van der Waals surface area contributed by atoms with E-state index >= 15 is 0 Å². The van der Waals surface area contributed by atoms with Crippen molar-refractivity contribution in [3.8, 4) is 0 Å². The van der Waals surface area contributed by atoms with E-state index in [4.69, 9.17) is 0 Å². The van der Waals surface area contributed by atoms with Gasteiger partial charge in [-0.1, -0.05) is 30.3 Å². The molecule has 1 aromatic heterocycles. The highest BCUT2D eigenvalue weighted by Crippen LogP contribution is 2.20. The zero-order valence-corrected chi connectivity index (χ0v) is 15.7. The van der Waals surface area contributed by atoms with Crippen LogP contribution in [0.4, 0.5) is 16.2 Å². The number of nitrogens with zero attached hydrogens (tertiary/aromatic N) is 4. The number of hydrogen-bond acceptors (Lipinski definition) is 5. The van der Waals surface area contributed by atoms with Crippen LogP contribution in [0, 0.1) is 0 Å². The van der Waals surface area contributed by atoms with E-state index in [1.54, 1.807) is 24.3 Å². The van der Waals surface area contributed by atoms with Crippen molar-refractivity contribution in [2.24, 2.45) is 0 Å². The molecular weight excluding hydrogens is 370 g/mol. The third-order valence-electron chi connectivity index (χ3n) is 4.58. The lowest BCUT2D eigenvalue weighted by atomic mass is 10.1. The fraction of sp³-hybridized carbons (Fsp3) is 0.250. The number of nitrogens with one attached hydrogen (secondary N) is 3. The van der Waals surface area contributed by atoms with Crippen molar-refractivity contribution in [3.05, 3.63) is 66.5 Å². The van der Waals surface area contributed by atoms with Crippen LogP contribution in [0.25, 0.3) is 0 Å². The lowest BCUT2D eigenvalue weighted by Gasteiger charge is -2.16. The summed E-state index contributed by atoms with van der Waals surface area (Å²) in [7, 11) is 0. The van der Waals surface area contributed by atoms with Crippen molar-refractivity contribution in [1.29, 1.82) is 0 Å². The standard InChI is InChI=1S/C20H21N7O2/c28-19(18(27-13-21-25-26-27)12-14-4-2-1-3-5-14)22-15-6-8-16(9-7-15)23-20(29)24-17-10-11-17/h1-9,13,17-18H,10-12H2,(H,22,28)(H2,23,24,29). The fourth-order valence-electron chi connectivity index (χ4n) is 2.90. The largest absolute Gasteiger partial charge is 0.335 e. The van der Waals surface area contributed by atoms with E-state index in [-0.39, 0.29) is 11.9 Å². The van der Waals surface area contributed by atoms with Crippen molar-refractivity contribution in [1.82, 2.24) is 25.5 Å². The number of hydrogen-bond donors (Lipinski definition) is 3. The predicted molar refractivity (Wildman–Crippen MR) is 107 cm³/mol. The van der Waals surface area contributed by atoms with Gasteiger partial charge in [-0.2, -0.15) is 0 Å². The molecule has 2 aromatic carbocycles. The van der Waals surface area contributed by atoms with Gasteiger partial charge in [0.1, 0.15) is 12.4 Å². The van der Waals surface area contributed by atoms with Crippen LogP contribution in [0.15, 0.2) is 60.9 Å². The maximum Gasteiger partial charge on any atom is 0.319 e. The second kappa shape index (κ2) is 8.51. The monoisotopic (exact) mass is 391 g/mol. The van der Waals surface area contributed by atoms with Gasteiger partial charge in [0.05, 0.1) is 0 Å². The molecule has 1 heterocycles. The van der Waals surface area contributed by atoms with Crippen molar-refractivity contribution in [3.63, 3.8) is 0 Å². The molecule has 1 aliphatic rings. The molecule has 0 spiro atoms. The lowest BCUT2D eigenvalue weighted by Crippen LogP contribution is -2.30. The highest BCUT2D eigenvalue weighted by atomic mass is 16.2. The Bertz CT molecular complexity index is 954. The molecule has 0 bridgehead atoms. The molecule has 1 fully saturated rings. The Kier molecular flexibility index (Phi) is 5.46. The first-order chi connectivity index (χ1) is 14.2.